The van der Waals surface area contributed by atoms with E-state index >= 15 is 0 Å². The average Bonchev–Trinajstić information content (AvgIpc) is 3.90. The number of carbonyl (C=O) groups is 8. The number of nitrogens with two attached hydrogens (primary N) is 2. The van der Waals surface area contributed by atoms with E-state index < -0.39 is 128 Å². The molecule has 77 heavy (non-hydrogen) atoms. The van der Waals surface area contributed by atoms with Gasteiger partial charge in [-0.25, -0.2) is 9.78 Å². The smallest absolute Gasteiger partial charge is 0.329 e. The minimum absolute atomic E-state index is 0.0135. The lowest BCUT2D eigenvalue weighted by atomic mass is 10.0. The number of ether oxygens (including phenoxy) is 1. The maximum absolute atomic E-state index is 14.7. The number of nitrogens with zero attached hydrogens (tertiary/aromatic N) is 1. The first kappa shape index (κ1) is 62.0. The number of carbonyl (C=O) groups excluding carboxylic acids is 8. The summed E-state index contributed by atoms with van der Waals surface area (Å²) >= 11 is 0. The molecule has 0 unspecified atom stereocenters. The van der Waals surface area contributed by atoms with E-state index in [4.69, 9.17) is 20.6 Å². The van der Waals surface area contributed by atoms with Gasteiger partial charge in [-0.15, -0.1) is 6.58 Å². The Labute approximate surface area is 451 Å². The first-order chi connectivity index (χ1) is 36.1. The summed E-state index contributed by atoms with van der Waals surface area (Å²) < 4.78 is 12.8. The molecule has 8 atom stereocenters. The van der Waals surface area contributed by atoms with Gasteiger partial charge in [0.25, 0.3) is 8.32 Å². The standard InChI is InChI=1S/C55H76N10O11Si/c1-33(2)26-43(53(74)76-54(5,6)7)64-51(72)44(31-75-77(55(8,9)10,38-22-16-12-17-23-38)39-24-18-13-19-25-39)65-50(71)42(29-45(56)67)62-49(70)41(28-37-30-58-32-59-37)61-47(68)34(3)60-48(69)40(27-36-20-14-11-15-21-36)63-52(73)46(57)35(4)66/h11-25,30,32,34-35,40-44,46,66H,1,26-29,31,57H2,2-10H3,(H2,56,67)(H,58,59)(H,60,69)(H,61,68)(H,62,70)(H,63,73)(H,64,72)(H,65,71)/t34-,35+,40-,41-,42-,43+,44-,46-/m0/s1. The Bertz CT molecular complexity index is 2600. The van der Waals surface area contributed by atoms with Gasteiger partial charge in [0, 0.05) is 24.7 Å². The van der Waals surface area contributed by atoms with Crippen LogP contribution in [0.1, 0.15) is 86.4 Å². The van der Waals surface area contributed by atoms with Crippen LogP contribution in [-0.2, 0) is 60.4 Å². The van der Waals surface area contributed by atoms with Crippen LogP contribution >= 0.6 is 0 Å². The number of rotatable bonds is 27. The fraction of sp³-hybridized carbons (Fsp3) is 0.436. The number of amides is 7. The van der Waals surface area contributed by atoms with Crippen molar-refractivity contribution in [3.63, 3.8) is 0 Å². The van der Waals surface area contributed by atoms with Crippen LogP contribution in [0.3, 0.4) is 0 Å². The molecule has 0 bridgehead atoms. The number of imidazole rings is 1. The number of hydrogen-bond acceptors (Lipinski definition) is 13. The molecule has 22 heteroatoms. The van der Waals surface area contributed by atoms with Gasteiger partial charge in [0.05, 0.1) is 25.5 Å². The van der Waals surface area contributed by atoms with E-state index in [0.29, 0.717) is 16.8 Å². The van der Waals surface area contributed by atoms with Gasteiger partial charge in [-0.1, -0.05) is 117 Å². The largest absolute Gasteiger partial charge is 0.458 e. The SMILES string of the molecule is C=C(C)C[C@@H](NC(=O)[C@H](CO[Si](c1ccccc1)(c1ccccc1)C(C)(C)C)NC(=O)[C@H](CC(N)=O)NC(=O)[C@H](Cc1cnc[nH]1)NC(=O)[C@H](C)NC(=O)[C@H](Cc1ccccc1)NC(=O)[C@@H](N)[C@@H](C)O)C(=O)OC(C)(C)C. The highest BCUT2D eigenvalue weighted by atomic mass is 28.4. The van der Waals surface area contributed by atoms with E-state index in [2.05, 4.69) is 48.4 Å². The van der Waals surface area contributed by atoms with Gasteiger partial charge in [0.2, 0.25) is 41.4 Å². The van der Waals surface area contributed by atoms with Crippen LogP contribution in [0.25, 0.3) is 0 Å². The lowest BCUT2D eigenvalue weighted by molar-refractivity contribution is -0.158. The lowest BCUT2D eigenvalue weighted by Crippen LogP contribution is -2.68. The zero-order chi connectivity index (χ0) is 57.3. The Morgan fingerprint density at radius 3 is 1.61 bits per heavy atom. The first-order valence-electron chi connectivity index (χ1n) is 25.3. The summed E-state index contributed by atoms with van der Waals surface area (Å²) in [5.41, 5.74) is 12.2. The van der Waals surface area contributed by atoms with E-state index in [9.17, 15) is 43.5 Å². The van der Waals surface area contributed by atoms with Crippen molar-refractivity contribution < 1.29 is 52.6 Å². The van der Waals surface area contributed by atoms with Crippen molar-refractivity contribution in [1.82, 2.24) is 41.9 Å². The summed E-state index contributed by atoms with van der Waals surface area (Å²) in [5, 5.41) is 26.7. The number of aliphatic hydroxyl groups excluding tert-OH is 1. The lowest BCUT2D eigenvalue weighted by Gasteiger charge is -2.43. The summed E-state index contributed by atoms with van der Waals surface area (Å²) in [7, 11) is -3.42. The number of benzene rings is 3. The van der Waals surface area contributed by atoms with E-state index in [1.54, 1.807) is 58.0 Å². The normalized spacial score (nSPS) is 14.8. The molecule has 0 saturated heterocycles. The molecule has 21 nitrogen and oxygen atoms in total. The second-order valence-corrected chi connectivity index (χ2v) is 25.4. The van der Waals surface area contributed by atoms with Crippen LogP contribution in [0.2, 0.25) is 5.04 Å². The third-order valence-electron chi connectivity index (χ3n) is 12.2. The fourth-order valence-corrected chi connectivity index (χ4v) is 12.9. The van der Waals surface area contributed by atoms with Crippen molar-refractivity contribution >= 4 is 66.0 Å². The van der Waals surface area contributed by atoms with Crippen LogP contribution in [0.15, 0.2) is 116 Å². The molecule has 0 aliphatic rings. The number of nitrogens with one attached hydrogen (secondary N) is 7. The molecule has 0 aliphatic heterocycles. The van der Waals surface area contributed by atoms with Crippen molar-refractivity contribution in [2.45, 2.75) is 147 Å². The molecule has 4 rings (SSSR count). The maximum Gasteiger partial charge on any atom is 0.329 e. The van der Waals surface area contributed by atoms with Crippen molar-refractivity contribution in [2.24, 2.45) is 11.5 Å². The number of aromatic nitrogens is 2. The molecule has 4 aromatic rings. The minimum Gasteiger partial charge on any atom is -0.458 e. The second-order valence-electron chi connectivity index (χ2n) is 21.1. The maximum atomic E-state index is 14.7. The third-order valence-corrected chi connectivity index (χ3v) is 17.2. The topological polar surface area (TPSA) is 328 Å². The fourth-order valence-electron chi connectivity index (χ4n) is 8.34. The molecule has 0 fully saturated rings. The number of aromatic amines is 1. The summed E-state index contributed by atoms with van der Waals surface area (Å²) in [4.78, 5) is 118. The molecule has 0 radical (unpaired) electrons. The van der Waals surface area contributed by atoms with Gasteiger partial charge >= 0.3 is 5.97 Å². The summed E-state index contributed by atoms with van der Waals surface area (Å²) in [6.45, 7) is 18.9. The second kappa shape index (κ2) is 28.0. The molecular formula is C55H76N10O11Si. The number of H-pyrrole nitrogens is 1. The number of hydrogen-bond donors (Lipinski definition) is 10. The van der Waals surface area contributed by atoms with E-state index in [-0.39, 0.29) is 19.3 Å². The molecule has 7 amide bonds. The van der Waals surface area contributed by atoms with Gasteiger partial charge in [-0.3, -0.25) is 33.6 Å². The number of aliphatic hydroxyl groups is 1. The zero-order valence-electron chi connectivity index (χ0n) is 45.3. The predicted molar refractivity (Wildman–Crippen MR) is 292 cm³/mol. The summed E-state index contributed by atoms with van der Waals surface area (Å²) in [6, 6.07) is 17.7. The van der Waals surface area contributed by atoms with E-state index in [1.165, 1.54) is 26.4 Å². The Hall–Kier alpha value is -7.53. The molecule has 0 spiro atoms. The monoisotopic (exact) mass is 1080 g/mol. The predicted octanol–water partition coefficient (Wildman–Crippen LogP) is 0.592. The van der Waals surface area contributed by atoms with Crippen molar-refractivity contribution in [2.75, 3.05) is 6.61 Å². The Kier molecular flexibility index (Phi) is 22.6. The van der Waals surface area contributed by atoms with Crippen LogP contribution in [-0.4, -0.2) is 131 Å². The molecule has 416 valence electrons. The highest BCUT2D eigenvalue weighted by Crippen LogP contribution is 2.37. The van der Waals surface area contributed by atoms with Gasteiger partial charge in [0.1, 0.15) is 47.9 Å². The van der Waals surface area contributed by atoms with E-state index in [1.807, 2.05) is 81.4 Å². The third kappa shape index (κ3) is 18.6. The van der Waals surface area contributed by atoms with Crippen LogP contribution in [0.5, 0.6) is 0 Å². The number of primary amides is 1. The Morgan fingerprint density at radius 2 is 1.12 bits per heavy atom. The zero-order valence-corrected chi connectivity index (χ0v) is 46.3. The molecular weight excluding hydrogens is 1000 g/mol. The Morgan fingerprint density at radius 1 is 0.649 bits per heavy atom. The van der Waals surface area contributed by atoms with Crippen molar-refractivity contribution in [3.8, 4) is 0 Å². The van der Waals surface area contributed by atoms with Gasteiger partial charge in [-0.05, 0) is 68.9 Å². The summed E-state index contributed by atoms with van der Waals surface area (Å²) in [5.74, 6) is -7.15. The van der Waals surface area contributed by atoms with Gasteiger partial charge in [-0.2, -0.15) is 0 Å². The van der Waals surface area contributed by atoms with Gasteiger partial charge < -0.3 is 62.6 Å². The van der Waals surface area contributed by atoms with Crippen molar-refractivity contribution in [3.05, 3.63) is 127 Å². The van der Waals surface area contributed by atoms with Crippen molar-refractivity contribution in [1.29, 1.82) is 0 Å². The molecule has 1 aromatic heterocycles. The van der Waals surface area contributed by atoms with E-state index in [0.717, 1.165) is 10.4 Å². The first-order valence-corrected chi connectivity index (χ1v) is 27.2. The summed E-state index contributed by atoms with van der Waals surface area (Å²) in [6.07, 6.45) is 0.450. The highest BCUT2D eigenvalue weighted by molar-refractivity contribution is 6.99. The minimum atomic E-state index is -3.42. The molecule has 1 heterocycles. The van der Waals surface area contributed by atoms with Gasteiger partial charge in [0.15, 0.2) is 0 Å². The molecule has 3 aromatic carbocycles. The molecule has 0 aliphatic carbocycles. The quantitative estimate of drug-likeness (QED) is 0.0223. The Balaban J connectivity index is 1.69. The van der Waals surface area contributed by atoms with Crippen LogP contribution in [0.4, 0.5) is 0 Å². The molecule has 12 N–H and O–H groups in total. The van der Waals surface area contributed by atoms with Crippen LogP contribution < -0.4 is 53.7 Å². The highest BCUT2D eigenvalue weighted by Gasteiger charge is 2.51. The average molecular weight is 1080 g/mol. The van der Waals surface area contributed by atoms with Crippen LogP contribution in [0, 0.1) is 0 Å². The molecule has 0 saturated carbocycles. The number of esters is 1.